The van der Waals surface area contributed by atoms with Crippen molar-refractivity contribution in [2.45, 2.75) is 37.4 Å². The summed E-state index contributed by atoms with van der Waals surface area (Å²) in [5.41, 5.74) is -0.514. The van der Waals surface area contributed by atoms with Gasteiger partial charge in [0.15, 0.2) is 12.0 Å². The second-order valence-corrected chi connectivity index (χ2v) is 4.44. The van der Waals surface area contributed by atoms with E-state index in [9.17, 15) is 9.18 Å². The number of alkyl halides is 1. The molecule has 1 aromatic carbocycles. The number of nitrogens with one attached hydrogen (secondary N) is 1. The van der Waals surface area contributed by atoms with Gasteiger partial charge in [-0.15, -0.1) is 0 Å². The standard InChI is InChI=1S/C13H16FNO/c14-13(10-16)8-6-12(7-9-13)15-11-4-2-1-3-5-11/h1-5,10,12,15H,6-9H2. The highest BCUT2D eigenvalue weighted by Crippen LogP contribution is 2.31. The monoisotopic (exact) mass is 221 g/mol. The predicted molar refractivity (Wildman–Crippen MR) is 62.2 cm³/mol. The van der Waals surface area contributed by atoms with Crippen LogP contribution < -0.4 is 5.32 Å². The van der Waals surface area contributed by atoms with Crippen molar-refractivity contribution in [3.63, 3.8) is 0 Å². The van der Waals surface area contributed by atoms with Gasteiger partial charge >= 0.3 is 0 Å². The van der Waals surface area contributed by atoms with E-state index < -0.39 is 5.67 Å². The zero-order chi connectivity index (χ0) is 11.4. The summed E-state index contributed by atoms with van der Waals surface area (Å²) in [6, 6.07) is 10.2. The van der Waals surface area contributed by atoms with Crippen molar-refractivity contribution in [3.8, 4) is 0 Å². The molecule has 1 aliphatic rings. The Balaban J connectivity index is 1.88. The van der Waals surface area contributed by atoms with Crippen molar-refractivity contribution >= 4 is 12.0 Å². The Labute approximate surface area is 94.9 Å². The van der Waals surface area contributed by atoms with Crippen LogP contribution in [0.5, 0.6) is 0 Å². The van der Waals surface area contributed by atoms with Crippen LogP contribution in [0.25, 0.3) is 0 Å². The molecule has 0 atom stereocenters. The first-order chi connectivity index (χ1) is 7.72. The van der Waals surface area contributed by atoms with Crippen LogP contribution in [0.4, 0.5) is 10.1 Å². The van der Waals surface area contributed by atoms with Gasteiger partial charge in [0.2, 0.25) is 0 Å². The van der Waals surface area contributed by atoms with Crippen molar-refractivity contribution in [2.24, 2.45) is 0 Å². The number of hydrogen-bond donors (Lipinski definition) is 1. The normalized spacial score (nSPS) is 29.7. The van der Waals surface area contributed by atoms with Crippen LogP contribution in [-0.2, 0) is 4.79 Å². The molecule has 2 nitrogen and oxygen atoms in total. The molecule has 1 N–H and O–H groups in total. The summed E-state index contributed by atoms with van der Waals surface area (Å²) in [6.07, 6.45) is 2.56. The maximum absolute atomic E-state index is 13.6. The maximum atomic E-state index is 13.6. The van der Waals surface area contributed by atoms with E-state index in [0.717, 1.165) is 5.69 Å². The predicted octanol–water partition coefficient (Wildman–Crippen LogP) is 2.95. The highest BCUT2D eigenvalue weighted by atomic mass is 19.1. The number of aldehydes is 1. The summed E-state index contributed by atoms with van der Waals surface area (Å²) in [4.78, 5) is 10.6. The Morgan fingerprint density at radius 3 is 2.44 bits per heavy atom. The van der Waals surface area contributed by atoms with Gasteiger partial charge in [0.25, 0.3) is 0 Å². The van der Waals surface area contributed by atoms with Crippen LogP contribution in [0.15, 0.2) is 30.3 Å². The minimum atomic E-state index is -1.57. The molecule has 0 unspecified atom stereocenters. The van der Waals surface area contributed by atoms with Crippen molar-refractivity contribution in [2.75, 3.05) is 5.32 Å². The Morgan fingerprint density at radius 1 is 1.25 bits per heavy atom. The largest absolute Gasteiger partial charge is 0.382 e. The molecule has 1 aliphatic carbocycles. The lowest BCUT2D eigenvalue weighted by Crippen LogP contribution is -2.36. The summed E-state index contributed by atoms with van der Waals surface area (Å²) < 4.78 is 13.6. The lowest BCUT2D eigenvalue weighted by Gasteiger charge is -2.31. The van der Waals surface area contributed by atoms with Crippen LogP contribution in [0, 0.1) is 0 Å². The number of hydrogen-bond acceptors (Lipinski definition) is 2. The van der Waals surface area contributed by atoms with Gasteiger partial charge in [0, 0.05) is 11.7 Å². The number of para-hydroxylation sites is 1. The Hall–Kier alpha value is -1.38. The second-order valence-electron chi connectivity index (χ2n) is 4.44. The van der Waals surface area contributed by atoms with Gasteiger partial charge in [-0.1, -0.05) is 18.2 Å². The summed E-state index contributed by atoms with van der Waals surface area (Å²) >= 11 is 0. The molecule has 0 aromatic heterocycles. The average molecular weight is 221 g/mol. The maximum Gasteiger partial charge on any atom is 0.165 e. The SMILES string of the molecule is O=CC1(F)CCC(Nc2ccccc2)CC1. The quantitative estimate of drug-likeness (QED) is 0.795. The molecule has 0 amide bonds. The van der Waals surface area contributed by atoms with E-state index in [2.05, 4.69) is 5.32 Å². The van der Waals surface area contributed by atoms with Crippen molar-refractivity contribution in [1.29, 1.82) is 0 Å². The molecule has 0 bridgehead atoms. The highest BCUT2D eigenvalue weighted by Gasteiger charge is 2.34. The third-order valence-electron chi connectivity index (χ3n) is 3.17. The fourth-order valence-electron chi connectivity index (χ4n) is 2.13. The molecule has 2 rings (SSSR count). The smallest absolute Gasteiger partial charge is 0.165 e. The number of rotatable bonds is 3. The molecule has 1 fully saturated rings. The van der Waals surface area contributed by atoms with Crippen molar-refractivity contribution in [1.82, 2.24) is 0 Å². The van der Waals surface area contributed by atoms with Crippen LogP contribution in [0.3, 0.4) is 0 Å². The summed E-state index contributed by atoms with van der Waals surface area (Å²) in [6.45, 7) is 0. The summed E-state index contributed by atoms with van der Waals surface area (Å²) in [5.74, 6) is 0. The number of carbonyl (C=O) groups is 1. The van der Waals surface area contributed by atoms with Gasteiger partial charge in [-0.05, 0) is 37.8 Å². The third kappa shape index (κ3) is 2.60. The molecule has 1 aromatic rings. The fourth-order valence-corrected chi connectivity index (χ4v) is 2.13. The summed E-state index contributed by atoms with van der Waals surface area (Å²) in [5, 5.41) is 3.36. The number of carbonyl (C=O) groups excluding carboxylic acids is 1. The zero-order valence-corrected chi connectivity index (χ0v) is 9.16. The Morgan fingerprint density at radius 2 is 1.88 bits per heavy atom. The van der Waals surface area contributed by atoms with Gasteiger partial charge in [-0.3, -0.25) is 4.79 Å². The van der Waals surface area contributed by atoms with Gasteiger partial charge in [-0.2, -0.15) is 0 Å². The molecular weight excluding hydrogens is 205 g/mol. The molecular formula is C13H16FNO. The van der Waals surface area contributed by atoms with E-state index in [0.29, 0.717) is 32.0 Å². The molecule has 86 valence electrons. The van der Waals surface area contributed by atoms with Crippen LogP contribution in [-0.4, -0.2) is 18.0 Å². The van der Waals surface area contributed by atoms with Crippen LogP contribution >= 0.6 is 0 Å². The molecule has 3 heteroatoms. The molecule has 0 spiro atoms. The molecule has 0 radical (unpaired) electrons. The van der Waals surface area contributed by atoms with Gasteiger partial charge < -0.3 is 5.32 Å². The minimum Gasteiger partial charge on any atom is -0.382 e. The van der Waals surface area contributed by atoms with Crippen LogP contribution in [0.2, 0.25) is 0 Å². The lowest BCUT2D eigenvalue weighted by molar-refractivity contribution is -0.119. The van der Waals surface area contributed by atoms with Crippen molar-refractivity contribution in [3.05, 3.63) is 30.3 Å². The molecule has 1 saturated carbocycles. The molecule has 0 saturated heterocycles. The fraction of sp³-hybridized carbons (Fsp3) is 0.462. The third-order valence-corrected chi connectivity index (χ3v) is 3.17. The molecule has 0 heterocycles. The topological polar surface area (TPSA) is 29.1 Å². The van der Waals surface area contributed by atoms with E-state index in [1.165, 1.54) is 0 Å². The van der Waals surface area contributed by atoms with E-state index in [1.54, 1.807) is 0 Å². The van der Waals surface area contributed by atoms with Gasteiger partial charge in [0.05, 0.1) is 0 Å². The Bertz CT molecular complexity index is 344. The summed E-state index contributed by atoms with van der Waals surface area (Å²) in [7, 11) is 0. The van der Waals surface area contributed by atoms with E-state index in [1.807, 2.05) is 30.3 Å². The number of anilines is 1. The minimum absolute atomic E-state index is 0.284. The van der Waals surface area contributed by atoms with Gasteiger partial charge in [-0.25, -0.2) is 4.39 Å². The first-order valence-corrected chi connectivity index (χ1v) is 5.69. The van der Waals surface area contributed by atoms with E-state index in [4.69, 9.17) is 0 Å². The van der Waals surface area contributed by atoms with Gasteiger partial charge in [0.1, 0.15) is 0 Å². The molecule has 0 aliphatic heterocycles. The van der Waals surface area contributed by atoms with Crippen molar-refractivity contribution < 1.29 is 9.18 Å². The first kappa shape index (κ1) is 11.1. The average Bonchev–Trinajstić information content (AvgIpc) is 2.34. The Kier molecular flexibility index (Phi) is 3.22. The lowest BCUT2D eigenvalue weighted by atomic mass is 9.84. The van der Waals surface area contributed by atoms with E-state index in [-0.39, 0.29) is 6.04 Å². The highest BCUT2D eigenvalue weighted by molar-refractivity contribution is 5.62. The van der Waals surface area contributed by atoms with E-state index >= 15 is 0 Å². The zero-order valence-electron chi connectivity index (χ0n) is 9.16. The molecule has 16 heavy (non-hydrogen) atoms. The van der Waals surface area contributed by atoms with Crippen LogP contribution in [0.1, 0.15) is 25.7 Å². The first-order valence-electron chi connectivity index (χ1n) is 5.69. The number of halogens is 1. The second kappa shape index (κ2) is 4.64. The number of benzene rings is 1.